The fourth-order valence-corrected chi connectivity index (χ4v) is 3.85. The highest BCUT2D eigenvalue weighted by atomic mass is 35.5. The first-order chi connectivity index (χ1) is 15.6. The number of rotatable bonds is 4. The van der Waals surface area contributed by atoms with Crippen LogP contribution in [0.25, 0.3) is 5.69 Å². The fraction of sp³-hybridized carbons (Fsp3) is 0.273. The van der Waals surface area contributed by atoms with E-state index in [-0.39, 0.29) is 12.2 Å². The van der Waals surface area contributed by atoms with Gasteiger partial charge in [-0.25, -0.2) is 4.79 Å². The Morgan fingerprint density at radius 3 is 2.30 bits per heavy atom. The Kier molecular flexibility index (Phi) is 6.11. The van der Waals surface area contributed by atoms with Crippen molar-refractivity contribution in [2.24, 2.45) is 0 Å². The van der Waals surface area contributed by atoms with E-state index in [1.54, 1.807) is 24.3 Å². The van der Waals surface area contributed by atoms with Crippen molar-refractivity contribution in [1.82, 2.24) is 19.2 Å². The second kappa shape index (κ2) is 8.86. The number of halogens is 4. The van der Waals surface area contributed by atoms with Crippen molar-refractivity contribution in [3.63, 3.8) is 0 Å². The minimum Gasteiger partial charge on any atom is -0.337 e. The highest BCUT2D eigenvalue weighted by molar-refractivity contribution is 6.30. The topological polar surface area (TPSA) is 77.2 Å². The molecule has 0 spiro atoms. The quantitative estimate of drug-likeness (QED) is 0.576. The van der Waals surface area contributed by atoms with Gasteiger partial charge in [0.25, 0.3) is 11.5 Å². The van der Waals surface area contributed by atoms with Gasteiger partial charge < -0.3 is 4.90 Å². The molecule has 1 amide bonds. The smallest absolute Gasteiger partial charge is 0.337 e. The number of benzene rings is 2. The van der Waals surface area contributed by atoms with Crippen LogP contribution in [0.1, 0.15) is 34.5 Å². The third kappa shape index (κ3) is 4.70. The second-order valence-corrected chi connectivity index (χ2v) is 8.04. The maximum absolute atomic E-state index is 13.1. The van der Waals surface area contributed by atoms with E-state index in [9.17, 15) is 27.6 Å². The molecular formula is C22H18ClF3N4O3. The first-order valence-corrected chi connectivity index (χ1v) is 10.5. The lowest BCUT2D eigenvalue weighted by Crippen LogP contribution is -2.46. The highest BCUT2D eigenvalue weighted by Crippen LogP contribution is 2.29. The van der Waals surface area contributed by atoms with E-state index < -0.39 is 34.6 Å². The molecule has 0 radical (unpaired) electrons. The summed E-state index contributed by atoms with van der Waals surface area (Å²) < 4.78 is 40.4. The van der Waals surface area contributed by atoms with E-state index in [2.05, 4.69) is 5.10 Å². The minimum absolute atomic E-state index is 0.0108. The molecule has 1 fully saturated rings. The van der Waals surface area contributed by atoms with Crippen LogP contribution in [-0.2, 0) is 12.7 Å². The molecule has 0 aliphatic carbocycles. The molecule has 0 bridgehead atoms. The van der Waals surface area contributed by atoms with Crippen molar-refractivity contribution in [3.05, 3.63) is 91.2 Å². The predicted octanol–water partition coefficient (Wildman–Crippen LogP) is 3.35. The average molecular weight is 479 g/mol. The Bertz CT molecular complexity index is 1310. The van der Waals surface area contributed by atoms with Crippen molar-refractivity contribution >= 4 is 17.5 Å². The Labute approximate surface area is 190 Å². The molecule has 0 N–H and O–H groups in total. The van der Waals surface area contributed by atoms with Crippen LogP contribution < -0.4 is 11.2 Å². The summed E-state index contributed by atoms with van der Waals surface area (Å²) in [7, 11) is 0. The van der Waals surface area contributed by atoms with Crippen molar-refractivity contribution < 1.29 is 18.0 Å². The highest BCUT2D eigenvalue weighted by Gasteiger charge is 2.31. The fourth-order valence-electron chi connectivity index (χ4n) is 3.64. The van der Waals surface area contributed by atoms with Crippen LogP contribution in [0.15, 0.2) is 58.1 Å². The molecule has 3 aromatic rings. The number of likely N-dealkylation sites (tertiary alicyclic amines) is 1. The molecule has 7 nitrogen and oxygen atoms in total. The Balaban J connectivity index is 1.86. The molecule has 33 heavy (non-hydrogen) atoms. The summed E-state index contributed by atoms with van der Waals surface area (Å²) in [6, 6.07) is 10.2. The molecule has 0 unspecified atom stereocenters. The molecule has 2 aromatic carbocycles. The first kappa shape index (κ1) is 22.8. The second-order valence-electron chi connectivity index (χ2n) is 7.61. The van der Waals surface area contributed by atoms with Crippen LogP contribution in [0.3, 0.4) is 0 Å². The van der Waals surface area contributed by atoms with Gasteiger partial charge >= 0.3 is 11.9 Å². The molecule has 2 heterocycles. The number of nitrogens with zero attached hydrogens (tertiary/aromatic N) is 4. The molecule has 1 aromatic heterocycles. The summed E-state index contributed by atoms with van der Waals surface area (Å²) in [5.74, 6) is -0.627. The van der Waals surface area contributed by atoms with Gasteiger partial charge in [-0.15, -0.1) is 0 Å². The lowest BCUT2D eigenvalue weighted by molar-refractivity contribution is -0.137. The monoisotopic (exact) mass is 478 g/mol. The van der Waals surface area contributed by atoms with Crippen LogP contribution in [-0.4, -0.2) is 38.2 Å². The zero-order chi connectivity index (χ0) is 23.8. The molecule has 1 aliphatic rings. The molecule has 0 saturated carbocycles. The van der Waals surface area contributed by atoms with Gasteiger partial charge in [0.2, 0.25) is 5.69 Å². The van der Waals surface area contributed by atoms with Crippen molar-refractivity contribution in [3.8, 4) is 5.69 Å². The van der Waals surface area contributed by atoms with Crippen LogP contribution in [0.4, 0.5) is 13.2 Å². The maximum Gasteiger partial charge on any atom is 0.416 e. The lowest BCUT2D eigenvalue weighted by Gasteiger charge is -2.17. The molecule has 0 atom stereocenters. The molecule has 11 heteroatoms. The van der Waals surface area contributed by atoms with E-state index in [0.29, 0.717) is 23.7 Å². The number of alkyl halides is 3. The van der Waals surface area contributed by atoms with Gasteiger partial charge in [0.1, 0.15) is 0 Å². The van der Waals surface area contributed by atoms with Gasteiger partial charge in [-0.2, -0.15) is 23.0 Å². The first-order valence-electron chi connectivity index (χ1n) is 10.1. The number of aromatic nitrogens is 3. The number of hydrogen-bond acceptors (Lipinski definition) is 4. The van der Waals surface area contributed by atoms with E-state index in [1.165, 1.54) is 4.90 Å². The zero-order valence-electron chi connectivity index (χ0n) is 17.2. The zero-order valence-corrected chi connectivity index (χ0v) is 17.9. The number of carbonyl (C=O) groups excluding carboxylic acids is 1. The predicted molar refractivity (Wildman–Crippen MR) is 115 cm³/mol. The maximum atomic E-state index is 13.1. The van der Waals surface area contributed by atoms with Crippen molar-refractivity contribution in [1.29, 1.82) is 0 Å². The summed E-state index contributed by atoms with van der Waals surface area (Å²) in [6.45, 7) is 0.711. The summed E-state index contributed by atoms with van der Waals surface area (Å²) in [5, 5.41) is 4.37. The molecule has 1 aliphatic heterocycles. The van der Waals surface area contributed by atoms with Crippen LogP contribution >= 0.6 is 11.6 Å². The van der Waals surface area contributed by atoms with E-state index in [0.717, 1.165) is 46.4 Å². The third-order valence-corrected chi connectivity index (χ3v) is 5.56. The van der Waals surface area contributed by atoms with Gasteiger partial charge in [0.05, 0.1) is 17.8 Å². The van der Waals surface area contributed by atoms with Gasteiger partial charge in [0.15, 0.2) is 0 Å². The Hall–Kier alpha value is -3.40. The number of hydrogen-bond donors (Lipinski definition) is 0. The van der Waals surface area contributed by atoms with E-state index >= 15 is 0 Å². The summed E-state index contributed by atoms with van der Waals surface area (Å²) in [4.78, 5) is 40.7. The Morgan fingerprint density at radius 2 is 1.70 bits per heavy atom. The Morgan fingerprint density at radius 1 is 1.03 bits per heavy atom. The minimum atomic E-state index is -4.56. The lowest BCUT2D eigenvalue weighted by atomic mass is 10.2. The van der Waals surface area contributed by atoms with E-state index in [1.807, 2.05) is 0 Å². The van der Waals surface area contributed by atoms with Gasteiger partial charge in [-0.1, -0.05) is 23.7 Å². The van der Waals surface area contributed by atoms with Crippen LogP contribution in [0.2, 0.25) is 5.02 Å². The van der Waals surface area contributed by atoms with Crippen molar-refractivity contribution in [2.45, 2.75) is 25.6 Å². The summed E-state index contributed by atoms with van der Waals surface area (Å²) in [5.41, 5.74) is -2.62. The van der Waals surface area contributed by atoms with Crippen LogP contribution in [0, 0.1) is 0 Å². The largest absolute Gasteiger partial charge is 0.416 e. The summed E-state index contributed by atoms with van der Waals surface area (Å²) >= 11 is 6.00. The number of amides is 1. The molecule has 1 saturated heterocycles. The average Bonchev–Trinajstić information content (AvgIpc) is 3.31. The summed E-state index contributed by atoms with van der Waals surface area (Å²) in [6.07, 6.45) is -3.00. The SMILES string of the molecule is O=C(c1nn(-c2ccc(C(F)(F)F)cc2)c(=O)n(Cc2cccc(Cl)c2)c1=O)N1CCCC1. The normalized spacial score (nSPS) is 14.0. The van der Waals surface area contributed by atoms with Gasteiger partial charge in [-0.05, 0) is 54.8 Å². The molecule has 4 rings (SSSR count). The molecule has 172 valence electrons. The van der Waals surface area contributed by atoms with E-state index in [4.69, 9.17) is 11.6 Å². The molecular weight excluding hydrogens is 461 g/mol. The number of carbonyl (C=O) groups is 1. The van der Waals surface area contributed by atoms with Crippen molar-refractivity contribution in [2.75, 3.05) is 13.1 Å². The van der Waals surface area contributed by atoms with Gasteiger partial charge in [0, 0.05) is 18.1 Å². The van der Waals surface area contributed by atoms with Gasteiger partial charge in [-0.3, -0.25) is 14.2 Å². The third-order valence-electron chi connectivity index (χ3n) is 5.32. The standard InChI is InChI=1S/C22H18ClF3N4O3/c23-16-5-3-4-14(12-16)13-29-20(32)18(19(31)28-10-1-2-11-28)27-30(21(29)33)17-8-6-15(7-9-17)22(24,25)26/h3-9,12H,1-2,10-11,13H2. The van der Waals surface area contributed by atoms with Crippen LogP contribution in [0.5, 0.6) is 0 Å².